The molecule has 2 fully saturated rings. The van der Waals surface area contributed by atoms with E-state index in [0.717, 1.165) is 31.0 Å². The molecule has 2 saturated heterocycles. The van der Waals surface area contributed by atoms with E-state index in [4.69, 9.17) is 20.5 Å². The largest absolute Gasteiger partial charge is 0.462 e. The molecule has 11 nitrogen and oxygen atoms in total. The van der Waals surface area contributed by atoms with E-state index in [2.05, 4.69) is 23.0 Å². The summed E-state index contributed by atoms with van der Waals surface area (Å²) in [5.74, 6) is 6.10. The topological polar surface area (TPSA) is 127 Å². The van der Waals surface area contributed by atoms with Crippen LogP contribution < -0.4 is 25.8 Å². The monoisotopic (exact) mass is 639 g/mol. The number of nitrogen functional groups attached to an aromatic ring is 1. The molecule has 1 aromatic heterocycles. The van der Waals surface area contributed by atoms with Gasteiger partial charge in [-0.3, -0.25) is 10.6 Å². The number of carbonyl (C=O) groups is 1. The highest BCUT2D eigenvalue weighted by Crippen LogP contribution is 2.44. The Labute approximate surface area is 267 Å². The Kier molecular flexibility index (Phi) is 10.0. The van der Waals surface area contributed by atoms with Crippen LogP contribution in [-0.4, -0.2) is 84.1 Å². The molecule has 0 spiro atoms. The van der Waals surface area contributed by atoms with Crippen molar-refractivity contribution >= 4 is 29.2 Å². The number of rotatable bonds is 9. The molecule has 0 radical (unpaired) electrons. The summed E-state index contributed by atoms with van der Waals surface area (Å²) in [6.07, 6.45) is 2.50. The van der Waals surface area contributed by atoms with Crippen LogP contribution in [0.15, 0.2) is 30.9 Å². The van der Waals surface area contributed by atoms with Gasteiger partial charge in [0.1, 0.15) is 12.4 Å². The van der Waals surface area contributed by atoms with Crippen molar-refractivity contribution in [1.29, 1.82) is 5.26 Å². The molecular formula is C32H40F3N9O2. The quantitative estimate of drug-likeness (QED) is 0.237. The lowest BCUT2D eigenvalue weighted by Crippen LogP contribution is -2.55. The van der Waals surface area contributed by atoms with Gasteiger partial charge in [0, 0.05) is 43.3 Å². The van der Waals surface area contributed by atoms with E-state index in [-0.39, 0.29) is 49.2 Å². The number of allylic oxidation sites excluding steroid dienone is 1. The molecule has 0 saturated carbocycles. The molecule has 2 aromatic rings. The van der Waals surface area contributed by atoms with Crippen LogP contribution in [0, 0.1) is 11.3 Å². The van der Waals surface area contributed by atoms with E-state index in [1.54, 1.807) is 28.9 Å². The zero-order valence-corrected chi connectivity index (χ0v) is 26.2. The maximum absolute atomic E-state index is 14.4. The maximum atomic E-state index is 14.4. The fourth-order valence-electron chi connectivity index (χ4n) is 6.64. The Hall–Kier alpha value is -4.35. The number of amides is 1. The molecule has 3 N–H and O–H groups in total. The molecule has 246 valence electrons. The van der Waals surface area contributed by atoms with Gasteiger partial charge in [-0.2, -0.15) is 28.4 Å². The Morgan fingerprint density at radius 3 is 2.67 bits per heavy atom. The number of likely N-dealkylation sites (N-methyl/N-ethyl adjacent to an activating group) is 1. The van der Waals surface area contributed by atoms with Crippen molar-refractivity contribution in [1.82, 2.24) is 19.8 Å². The molecular weight excluding hydrogens is 599 g/mol. The van der Waals surface area contributed by atoms with Crippen LogP contribution in [0.5, 0.6) is 6.01 Å². The molecule has 5 rings (SSSR count). The number of piperazine rings is 1. The van der Waals surface area contributed by atoms with E-state index in [0.29, 0.717) is 55.4 Å². The van der Waals surface area contributed by atoms with Gasteiger partial charge in [0.05, 0.1) is 47.7 Å². The number of alkyl halides is 3. The predicted octanol–water partition coefficient (Wildman–Crippen LogP) is 3.97. The van der Waals surface area contributed by atoms with Crippen LogP contribution in [0.2, 0.25) is 0 Å². The second-order valence-corrected chi connectivity index (χ2v) is 11.8. The second kappa shape index (κ2) is 14.0. The molecule has 14 heteroatoms. The van der Waals surface area contributed by atoms with E-state index < -0.39 is 11.7 Å². The van der Waals surface area contributed by atoms with Crippen LogP contribution >= 0.6 is 0 Å². The number of nitrogens with zero attached hydrogens (tertiary/aromatic N) is 7. The molecule has 3 aliphatic rings. The fraction of sp³-hybridized carbons (Fsp3) is 0.500. The van der Waals surface area contributed by atoms with Crippen molar-refractivity contribution in [3.05, 3.63) is 53.2 Å². The SMILES string of the molecule is C=CC(=O)N1CCN(c2nc(OC[C@H]3CCCN3C)nc3c2CCN(c2c(C(F)(F)F)ccc(NN)c2/C=C/C)C3)CC1CC#N. The molecule has 0 bridgehead atoms. The van der Waals surface area contributed by atoms with Crippen molar-refractivity contribution in [2.45, 2.75) is 57.4 Å². The Bertz CT molecular complexity index is 1520. The van der Waals surface area contributed by atoms with Crippen LogP contribution in [-0.2, 0) is 23.9 Å². The summed E-state index contributed by atoms with van der Waals surface area (Å²) in [4.78, 5) is 29.7. The minimum atomic E-state index is -4.60. The third-order valence-corrected chi connectivity index (χ3v) is 8.99. The number of hydrogen-bond donors (Lipinski definition) is 2. The lowest BCUT2D eigenvalue weighted by atomic mass is 9.98. The first-order chi connectivity index (χ1) is 22.1. The Morgan fingerprint density at radius 1 is 1.22 bits per heavy atom. The Balaban J connectivity index is 1.55. The summed E-state index contributed by atoms with van der Waals surface area (Å²) in [7, 11) is 2.04. The van der Waals surface area contributed by atoms with Crippen molar-refractivity contribution < 1.29 is 22.7 Å². The average Bonchev–Trinajstić information content (AvgIpc) is 3.46. The maximum Gasteiger partial charge on any atom is 0.418 e. The van der Waals surface area contributed by atoms with E-state index in [9.17, 15) is 23.2 Å². The number of carbonyl (C=O) groups excluding carboxylic acids is 1. The number of hydrazine groups is 1. The summed E-state index contributed by atoms with van der Waals surface area (Å²) in [6, 6.07) is 4.54. The zero-order valence-electron chi connectivity index (χ0n) is 26.2. The summed E-state index contributed by atoms with van der Waals surface area (Å²) in [5, 5.41) is 9.51. The van der Waals surface area contributed by atoms with Crippen molar-refractivity contribution in [2.75, 3.05) is 61.6 Å². The summed E-state index contributed by atoms with van der Waals surface area (Å²) in [5.41, 5.74) is 3.88. The summed E-state index contributed by atoms with van der Waals surface area (Å²) >= 11 is 0. The van der Waals surface area contributed by atoms with Crippen LogP contribution in [0.4, 0.5) is 30.4 Å². The second-order valence-electron chi connectivity index (χ2n) is 11.8. The van der Waals surface area contributed by atoms with E-state index >= 15 is 0 Å². The van der Waals surface area contributed by atoms with Crippen LogP contribution in [0.1, 0.15) is 48.6 Å². The first-order valence-corrected chi connectivity index (χ1v) is 15.5. The number of likely N-dealkylation sites (tertiary alicyclic amines) is 1. The highest BCUT2D eigenvalue weighted by Gasteiger charge is 2.39. The van der Waals surface area contributed by atoms with Crippen molar-refractivity contribution in [3.8, 4) is 12.1 Å². The molecule has 1 amide bonds. The predicted molar refractivity (Wildman–Crippen MR) is 170 cm³/mol. The molecule has 46 heavy (non-hydrogen) atoms. The average molecular weight is 640 g/mol. The van der Waals surface area contributed by atoms with Gasteiger partial charge in [-0.15, -0.1) is 0 Å². The zero-order chi connectivity index (χ0) is 33.0. The first kappa shape index (κ1) is 33.0. The smallest absolute Gasteiger partial charge is 0.418 e. The highest BCUT2D eigenvalue weighted by molar-refractivity contribution is 5.87. The van der Waals surface area contributed by atoms with E-state index in [1.807, 2.05) is 11.9 Å². The van der Waals surface area contributed by atoms with Gasteiger partial charge in [-0.25, -0.2) is 0 Å². The van der Waals surface area contributed by atoms with Gasteiger partial charge in [0.15, 0.2) is 0 Å². The number of benzene rings is 1. The third-order valence-electron chi connectivity index (χ3n) is 8.99. The normalized spacial score (nSPS) is 20.5. The number of aromatic nitrogens is 2. The number of halogens is 3. The number of nitrogens with two attached hydrogens (primary N) is 1. The fourth-order valence-corrected chi connectivity index (χ4v) is 6.64. The lowest BCUT2D eigenvalue weighted by molar-refractivity contribution is -0.137. The number of nitriles is 1. The Morgan fingerprint density at radius 2 is 2.02 bits per heavy atom. The van der Waals surface area contributed by atoms with Gasteiger partial charge in [-0.05, 0) is 58.0 Å². The lowest BCUT2D eigenvalue weighted by Gasteiger charge is -2.42. The molecule has 0 aliphatic carbocycles. The number of nitrogens with one attached hydrogen (secondary N) is 1. The van der Waals surface area contributed by atoms with Crippen LogP contribution in [0.25, 0.3) is 6.08 Å². The van der Waals surface area contributed by atoms with Gasteiger partial charge in [0.25, 0.3) is 0 Å². The van der Waals surface area contributed by atoms with Gasteiger partial charge in [-0.1, -0.05) is 18.7 Å². The molecule has 2 atom stereocenters. The molecule has 1 unspecified atom stereocenters. The van der Waals surface area contributed by atoms with Gasteiger partial charge < -0.3 is 29.8 Å². The summed E-state index contributed by atoms with van der Waals surface area (Å²) in [6.45, 7) is 8.23. The first-order valence-electron chi connectivity index (χ1n) is 15.5. The minimum absolute atomic E-state index is 0.0209. The molecule has 1 aromatic carbocycles. The van der Waals surface area contributed by atoms with Crippen molar-refractivity contribution in [3.63, 3.8) is 0 Å². The minimum Gasteiger partial charge on any atom is -0.462 e. The number of hydrogen-bond acceptors (Lipinski definition) is 10. The van der Waals surface area contributed by atoms with Gasteiger partial charge >= 0.3 is 12.2 Å². The third kappa shape index (κ3) is 6.75. The van der Waals surface area contributed by atoms with Gasteiger partial charge in [0.2, 0.25) is 5.91 Å². The standard InChI is InChI=1S/C32H40F3N9O2/c1-4-7-23-26(40-37)10-9-25(32(33,34)35)29(23)42-15-12-24-27(19-42)38-31(46-20-22-8-6-14-41(22)3)39-30(24)43-16-17-44(28(45)5-2)21(18-43)11-13-36/h4-5,7,9-10,21-22,40H,2,6,8,11-12,14-20,37H2,1,3H3/b7-4+/t21?,22-/m1/s1. The molecule has 3 aliphatic heterocycles. The van der Waals surface area contributed by atoms with Crippen LogP contribution in [0.3, 0.4) is 0 Å². The number of ether oxygens (including phenoxy) is 1. The molecule has 4 heterocycles. The number of anilines is 3. The number of fused-ring (bicyclic) bond motifs is 1. The summed E-state index contributed by atoms with van der Waals surface area (Å²) < 4.78 is 49.4. The highest BCUT2D eigenvalue weighted by atomic mass is 19.4. The van der Waals surface area contributed by atoms with Crippen molar-refractivity contribution in [2.24, 2.45) is 5.84 Å². The van der Waals surface area contributed by atoms with E-state index in [1.165, 1.54) is 12.1 Å².